The quantitative estimate of drug-likeness (QED) is 0.854. The molecule has 0 spiro atoms. The highest BCUT2D eigenvalue weighted by Crippen LogP contribution is 2.13. The first-order chi connectivity index (χ1) is 10.6. The number of carbonyl (C=O) groups excluding carboxylic acids is 1. The molecule has 0 radical (unpaired) electrons. The zero-order valence-corrected chi connectivity index (χ0v) is 13.2. The average molecular weight is 302 g/mol. The van der Waals surface area contributed by atoms with Crippen LogP contribution in [0.1, 0.15) is 24.3 Å². The van der Waals surface area contributed by atoms with Crippen molar-refractivity contribution in [3.8, 4) is 5.75 Å². The van der Waals surface area contributed by atoms with Crippen molar-refractivity contribution < 1.29 is 13.9 Å². The maximum atomic E-state index is 12.0. The lowest BCUT2D eigenvalue weighted by molar-refractivity contribution is -0.122. The van der Waals surface area contributed by atoms with E-state index in [0.29, 0.717) is 13.1 Å². The van der Waals surface area contributed by atoms with Crippen molar-refractivity contribution in [2.45, 2.75) is 19.5 Å². The Bertz CT molecular complexity index is 578. The molecule has 0 aliphatic rings. The molecular formula is C17H22N2O3. The van der Waals surface area contributed by atoms with Crippen molar-refractivity contribution in [2.24, 2.45) is 0 Å². The van der Waals surface area contributed by atoms with Crippen LogP contribution >= 0.6 is 0 Å². The van der Waals surface area contributed by atoms with Crippen LogP contribution in [0, 0.1) is 0 Å². The molecule has 0 fully saturated rings. The van der Waals surface area contributed by atoms with Crippen molar-refractivity contribution in [1.29, 1.82) is 0 Å². The minimum absolute atomic E-state index is 0.0279. The third-order valence-corrected chi connectivity index (χ3v) is 3.37. The number of amides is 1. The van der Waals surface area contributed by atoms with E-state index in [1.54, 1.807) is 13.4 Å². The highest BCUT2D eigenvalue weighted by molar-refractivity contribution is 5.78. The van der Waals surface area contributed by atoms with Crippen molar-refractivity contribution in [1.82, 2.24) is 10.2 Å². The number of carbonyl (C=O) groups is 1. The van der Waals surface area contributed by atoms with E-state index in [1.807, 2.05) is 55.3 Å². The van der Waals surface area contributed by atoms with Gasteiger partial charge in [-0.15, -0.1) is 0 Å². The summed E-state index contributed by atoms with van der Waals surface area (Å²) in [7, 11) is 3.56. The molecule has 2 rings (SSSR count). The van der Waals surface area contributed by atoms with Gasteiger partial charge in [0.05, 0.1) is 26.0 Å². The van der Waals surface area contributed by atoms with E-state index in [9.17, 15) is 4.79 Å². The van der Waals surface area contributed by atoms with Crippen LogP contribution in [0.2, 0.25) is 0 Å². The lowest BCUT2D eigenvalue weighted by atomic mass is 10.2. The first-order valence-corrected chi connectivity index (χ1v) is 7.22. The molecular weight excluding hydrogens is 280 g/mol. The zero-order valence-electron chi connectivity index (χ0n) is 13.2. The maximum absolute atomic E-state index is 12.0. The molecule has 118 valence electrons. The van der Waals surface area contributed by atoms with Crippen LogP contribution in [0.3, 0.4) is 0 Å². The largest absolute Gasteiger partial charge is 0.497 e. The van der Waals surface area contributed by atoms with Crippen LogP contribution in [0.25, 0.3) is 0 Å². The molecule has 0 saturated heterocycles. The monoisotopic (exact) mass is 302 g/mol. The molecule has 1 heterocycles. The number of nitrogens with one attached hydrogen (secondary N) is 1. The third-order valence-electron chi connectivity index (χ3n) is 3.37. The number of methoxy groups -OCH3 is 1. The number of benzene rings is 1. The van der Waals surface area contributed by atoms with Crippen LogP contribution in [-0.4, -0.2) is 31.5 Å². The van der Waals surface area contributed by atoms with Crippen molar-refractivity contribution in [2.75, 3.05) is 20.7 Å². The van der Waals surface area contributed by atoms with Gasteiger partial charge >= 0.3 is 0 Å². The topological polar surface area (TPSA) is 54.7 Å². The van der Waals surface area contributed by atoms with Gasteiger partial charge < -0.3 is 14.5 Å². The highest BCUT2D eigenvalue weighted by atomic mass is 16.5. The van der Waals surface area contributed by atoms with E-state index in [4.69, 9.17) is 9.15 Å². The first kappa shape index (κ1) is 16.1. The Labute approximate surface area is 130 Å². The van der Waals surface area contributed by atoms with Gasteiger partial charge in [-0.05, 0) is 43.8 Å². The van der Waals surface area contributed by atoms with Gasteiger partial charge in [0, 0.05) is 6.54 Å². The van der Waals surface area contributed by atoms with E-state index in [-0.39, 0.29) is 11.9 Å². The average Bonchev–Trinajstić information content (AvgIpc) is 3.02. The van der Waals surface area contributed by atoms with Crippen molar-refractivity contribution in [3.63, 3.8) is 0 Å². The molecule has 0 bridgehead atoms. The van der Waals surface area contributed by atoms with Gasteiger partial charge in [-0.2, -0.15) is 0 Å². The van der Waals surface area contributed by atoms with Crippen LogP contribution in [0.15, 0.2) is 47.1 Å². The smallest absolute Gasteiger partial charge is 0.234 e. The molecule has 5 heteroatoms. The molecule has 0 aliphatic carbocycles. The second-order valence-corrected chi connectivity index (χ2v) is 5.32. The first-order valence-electron chi connectivity index (χ1n) is 7.22. The summed E-state index contributed by atoms with van der Waals surface area (Å²) in [6, 6.07) is 11.4. The molecule has 0 saturated carbocycles. The van der Waals surface area contributed by atoms with Crippen molar-refractivity contribution in [3.05, 3.63) is 54.0 Å². The summed E-state index contributed by atoms with van der Waals surface area (Å²) >= 11 is 0. The zero-order chi connectivity index (χ0) is 15.9. The van der Waals surface area contributed by atoms with E-state index in [2.05, 4.69) is 5.32 Å². The number of hydrogen-bond acceptors (Lipinski definition) is 4. The van der Waals surface area contributed by atoms with Crippen LogP contribution < -0.4 is 10.1 Å². The Balaban J connectivity index is 1.80. The minimum Gasteiger partial charge on any atom is -0.497 e. The molecule has 1 aromatic carbocycles. The second-order valence-electron chi connectivity index (χ2n) is 5.32. The third kappa shape index (κ3) is 4.63. The summed E-state index contributed by atoms with van der Waals surface area (Å²) in [5.41, 5.74) is 1.13. The number of nitrogens with zero attached hydrogens (tertiary/aromatic N) is 1. The van der Waals surface area contributed by atoms with Gasteiger partial charge in [-0.1, -0.05) is 12.1 Å². The molecule has 2 aromatic rings. The van der Waals surface area contributed by atoms with Crippen LogP contribution in [-0.2, 0) is 11.3 Å². The maximum Gasteiger partial charge on any atom is 0.234 e. The summed E-state index contributed by atoms with van der Waals surface area (Å²) in [4.78, 5) is 14.0. The number of hydrogen-bond donors (Lipinski definition) is 1. The SMILES string of the molecule is COc1ccc(CN(C)CC(=O)NC(C)c2ccco2)cc1. The standard InChI is InChI=1S/C17H22N2O3/c1-13(16-5-4-10-22-16)18-17(20)12-19(2)11-14-6-8-15(21-3)9-7-14/h4-10,13H,11-12H2,1-3H3,(H,18,20). The molecule has 0 aliphatic heterocycles. The Morgan fingerprint density at radius 1 is 1.32 bits per heavy atom. The number of rotatable bonds is 7. The van der Waals surface area contributed by atoms with Gasteiger partial charge in [-0.25, -0.2) is 0 Å². The fourth-order valence-corrected chi connectivity index (χ4v) is 2.24. The Kier molecular flexibility index (Phi) is 5.61. The summed E-state index contributed by atoms with van der Waals surface area (Å²) in [6.07, 6.45) is 1.60. The molecule has 22 heavy (non-hydrogen) atoms. The molecule has 1 N–H and O–H groups in total. The van der Waals surface area contributed by atoms with Gasteiger partial charge in [0.25, 0.3) is 0 Å². The van der Waals surface area contributed by atoms with E-state index in [1.165, 1.54) is 0 Å². The predicted molar refractivity (Wildman–Crippen MR) is 84.6 cm³/mol. The fourth-order valence-electron chi connectivity index (χ4n) is 2.24. The van der Waals surface area contributed by atoms with Crippen LogP contribution in [0.4, 0.5) is 0 Å². The lowest BCUT2D eigenvalue weighted by Gasteiger charge is -2.18. The molecule has 1 unspecified atom stereocenters. The summed E-state index contributed by atoms with van der Waals surface area (Å²) in [5, 5.41) is 2.92. The molecule has 1 aromatic heterocycles. The van der Waals surface area contributed by atoms with Gasteiger partial charge in [0.15, 0.2) is 0 Å². The normalized spacial score (nSPS) is 12.2. The number of furan rings is 1. The van der Waals surface area contributed by atoms with Crippen molar-refractivity contribution >= 4 is 5.91 Å². The highest BCUT2D eigenvalue weighted by Gasteiger charge is 2.13. The van der Waals surface area contributed by atoms with Gasteiger partial charge in [-0.3, -0.25) is 9.69 Å². The number of likely N-dealkylation sites (N-methyl/N-ethyl adjacent to an activating group) is 1. The molecule has 5 nitrogen and oxygen atoms in total. The summed E-state index contributed by atoms with van der Waals surface area (Å²) in [6.45, 7) is 2.93. The number of ether oxygens (including phenoxy) is 1. The van der Waals surface area contributed by atoms with Gasteiger partial charge in [0.1, 0.15) is 11.5 Å². The second kappa shape index (κ2) is 7.66. The molecule has 1 amide bonds. The molecule has 1 atom stereocenters. The minimum atomic E-state index is -0.128. The Morgan fingerprint density at radius 3 is 2.64 bits per heavy atom. The summed E-state index contributed by atoms with van der Waals surface area (Å²) in [5.74, 6) is 1.56. The Hall–Kier alpha value is -2.27. The van der Waals surface area contributed by atoms with E-state index < -0.39 is 0 Å². The van der Waals surface area contributed by atoms with Gasteiger partial charge in [0.2, 0.25) is 5.91 Å². The van der Waals surface area contributed by atoms with Crippen LogP contribution in [0.5, 0.6) is 5.75 Å². The Morgan fingerprint density at radius 2 is 2.05 bits per heavy atom. The van der Waals surface area contributed by atoms with E-state index in [0.717, 1.165) is 17.1 Å². The predicted octanol–water partition coefficient (Wildman–Crippen LogP) is 2.60. The van der Waals surface area contributed by atoms with E-state index >= 15 is 0 Å². The summed E-state index contributed by atoms with van der Waals surface area (Å²) < 4.78 is 10.4. The fraction of sp³-hybridized carbons (Fsp3) is 0.353. The lowest BCUT2D eigenvalue weighted by Crippen LogP contribution is -2.36.